The van der Waals surface area contributed by atoms with Crippen LogP contribution in [0, 0.1) is 6.92 Å². The third-order valence-corrected chi connectivity index (χ3v) is 5.67. The van der Waals surface area contributed by atoms with Gasteiger partial charge in [0, 0.05) is 26.2 Å². The van der Waals surface area contributed by atoms with Crippen molar-refractivity contribution in [2.75, 3.05) is 6.54 Å². The van der Waals surface area contributed by atoms with E-state index in [1.165, 1.54) is 36.8 Å². The summed E-state index contributed by atoms with van der Waals surface area (Å²) in [4.78, 5) is 7.33. The predicted octanol–water partition coefficient (Wildman–Crippen LogP) is 2.57. The van der Waals surface area contributed by atoms with E-state index in [4.69, 9.17) is 4.99 Å². The fourth-order valence-electron chi connectivity index (χ4n) is 3.90. The summed E-state index contributed by atoms with van der Waals surface area (Å²) >= 11 is 0. The standard InChI is InChI=1S/C20H28N6/c1-15-23-24-19(25(15)2)13-21-20(22-18-9-5-6-10-18)26-12-11-16-7-3-4-8-17(16)14-26/h3-4,7-8,18H,5-6,9-14H2,1-2H3,(H,21,22). The molecular formula is C20H28N6. The molecule has 138 valence electrons. The summed E-state index contributed by atoms with van der Waals surface area (Å²) in [6.45, 7) is 4.46. The van der Waals surface area contributed by atoms with Crippen LogP contribution in [0.25, 0.3) is 0 Å². The second-order valence-corrected chi connectivity index (χ2v) is 7.43. The number of aromatic nitrogens is 3. The quantitative estimate of drug-likeness (QED) is 0.681. The van der Waals surface area contributed by atoms with E-state index in [9.17, 15) is 0 Å². The number of nitrogens with zero attached hydrogens (tertiary/aromatic N) is 5. The van der Waals surface area contributed by atoms with Gasteiger partial charge in [-0.2, -0.15) is 0 Å². The lowest BCUT2D eigenvalue weighted by Gasteiger charge is -2.33. The van der Waals surface area contributed by atoms with Crippen molar-refractivity contribution in [1.82, 2.24) is 25.0 Å². The maximum Gasteiger partial charge on any atom is 0.194 e. The number of hydrogen-bond donors (Lipinski definition) is 1. The van der Waals surface area contributed by atoms with E-state index in [0.717, 1.165) is 37.1 Å². The summed E-state index contributed by atoms with van der Waals surface area (Å²) in [7, 11) is 2.00. The fraction of sp³-hybridized carbons (Fsp3) is 0.550. The van der Waals surface area contributed by atoms with E-state index in [0.29, 0.717) is 12.6 Å². The minimum absolute atomic E-state index is 0.548. The summed E-state index contributed by atoms with van der Waals surface area (Å²) in [6.07, 6.45) is 6.19. The van der Waals surface area contributed by atoms with Crippen LogP contribution in [0.4, 0.5) is 0 Å². The van der Waals surface area contributed by atoms with Gasteiger partial charge in [-0.05, 0) is 37.3 Å². The van der Waals surface area contributed by atoms with Crippen molar-refractivity contribution >= 4 is 5.96 Å². The van der Waals surface area contributed by atoms with Crippen LogP contribution in [0.2, 0.25) is 0 Å². The van der Waals surface area contributed by atoms with Gasteiger partial charge in [0.25, 0.3) is 0 Å². The number of hydrogen-bond acceptors (Lipinski definition) is 3. The van der Waals surface area contributed by atoms with E-state index >= 15 is 0 Å². The highest BCUT2D eigenvalue weighted by molar-refractivity contribution is 5.80. The lowest BCUT2D eigenvalue weighted by atomic mass is 10.0. The molecule has 6 nitrogen and oxygen atoms in total. The van der Waals surface area contributed by atoms with Crippen molar-refractivity contribution in [2.24, 2.45) is 12.0 Å². The third kappa shape index (κ3) is 3.59. The minimum atomic E-state index is 0.548. The second kappa shape index (κ2) is 7.48. The van der Waals surface area contributed by atoms with Gasteiger partial charge >= 0.3 is 0 Å². The first-order valence-corrected chi connectivity index (χ1v) is 9.68. The predicted molar refractivity (Wildman–Crippen MR) is 103 cm³/mol. The summed E-state index contributed by atoms with van der Waals surface area (Å²) in [5.41, 5.74) is 2.88. The molecule has 1 fully saturated rings. The summed E-state index contributed by atoms with van der Waals surface area (Å²) in [6, 6.07) is 9.30. The maximum absolute atomic E-state index is 4.94. The molecular weight excluding hydrogens is 324 g/mol. The fourth-order valence-corrected chi connectivity index (χ4v) is 3.90. The van der Waals surface area contributed by atoms with E-state index in [1.807, 2.05) is 18.5 Å². The topological polar surface area (TPSA) is 58.3 Å². The third-order valence-electron chi connectivity index (χ3n) is 5.67. The summed E-state index contributed by atoms with van der Waals surface area (Å²) in [5.74, 6) is 2.85. The van der Waals surface area contributed by atoms with E-state index in [1.54, 1.807) is 0 Å². The molecule has 1 N–H and O–H groups in total. The summed E-state index contributed by atoms with van der Waals surface area (Å²) < 4.78 is 2.02. The highest BCUT2D eigenvalue weighted by Gasteiger charge is 2.23. The first kappa shape index (κ1) is 17.1. The molecule has 2 aliphatic rings. The smallest absolute Gasteiger partial charge is 0.194 e. The lowest BCUT2D eigenvalue weighted by molar-refractivity contribution is 0.370. The van der Waals surface area contributed by atoms with Crippen LogP contribution in [0.5, 0.6) is 0 Å². The Labute approximate surface area is 155 Å². The van der Waals surface area contributed by atoms with Crippen LogP contribution < -0.4 is 5.32 Å². The molecule has 4 rings (SSSR count). The highest BCUT2D eigenvalue weighted by Crippen LogP contribution is 2.21. The molecule has 0 atom stereocenters. The molecule has 6 heteroatoms. The van der Waals surface area contributed by atoms with Gasteiger partial charge in [-0.25, -0.2) is 4.99 Å². The van der Waals surface area contributed by atoms with Gasteiger partial charge in [-0.1, -0.05) is 37.1 Å². The van der Waals surface area contributed by atoms with Crippen LogP contribution in [0.3, 0.4) is 0 Å². The van der Waals surface area contributed by atoms with Crippen molar-refractivity contribution in [2.45, 2.75) is 58.2 Å². The van der Waals surface area contributed by atoms with Gasteiger partial charge in [0.2, 0.25) is 0 Å². The van der Waals surface area contributed by atoms with E-state index < -0.39 is 0 Å². The molecule has 1 aromatic heterocycles. The van der Waals surface area contributed by atoms with Crippen molar-refractivity contribution in [3.05, 3.63) is 47.0 Å². The van der Waals surface area contributed by atoms with Gasteiger partial charge in [0.05, 0.1) is 0 Å². The molecule has 1 aromatic carbocycles. The molecule has 0 radical (unpaired) electrons. The highest BCUT2D eigenvalue weighted by atomic mass is 15.3. The molecule has 1 aliphatic heterocycles. The Morgan fingerprint density at radius 3 is 2.69 bits per heavy atom. The van der Waals surface area contributed by atoms with Gasteiger partial charge in [-0.3, -0.25) is 0 Å². The zero-order valence-corrected chi connectivity index (χ0v) is 15.8. The second-order valence-electron chi connectivity index (χ2n) is 7.43. The van der Waals surface area contributed by atoms with E-state index in [-0.39, 0.29) is 0 Å². The van der Waals surface area contributed by atoms with Gasteiger partial charge in [0.15, 0.2) is 11.8 Å². The average molecular weight is 352 g/mol. The van der Waals surface area contributed by atoms with Crippen LogP contribution in [0.1, 0.15) is 48.5 Å². The molecule has 0 saturated heterocycles. The number of rotatable bonds is 3. The zero-order valence-electron chi connectivity index (χ0n) is 15.8. The monoisotopic (exact) mass is 352 g/mol. The van der Waals surface area contributed by atoms with Crippen LogP contribution in [-0.2, 0) is 26.6 Å². The van der Waals surface area contributed by atoms with Gasteiger partial charge in [-0.15, -0.1) is 10.2 Å². The van der Waals surface area contributed by atoms with Crippen molar-refractivity contribution in [3.63, 3.8) is 0 Å². The zero-order chi connectivity index (χ0) is 17.9. The summed E-state index contributed by atoms with van der Waals surface area (Å²) in [5, 5.41) is 12.1. The molecule has 2 aromatic rings. The molecule has 0 unspecified atom stereocenters. The van der Waals surface area contributed by atoms with Crippen molar-refractivity contribution in [3.8, 4) is 0 Å². The van der Waals surface area contributed by atoms with Gasteiger partial charge < -0.3 is 14.8 Å². The SMILES string of the molecule is Cc1nnc(CN=C(NC2CCCC2)N2CCc3ccccc3C2)n1C. The Balaban J connectivity index is 1.54. The molecule has 1 saturated carbocycles. The molecule has 0 amide bonds. The normalized spacial score (nSPS) is 18.2. The number of fused-ring (bicyclic) bond motifs is 1. The number of benzene rings is 1. The molecule has 2 heterocycles. The first-order valence-electron chi connectivity index (χ1n) is 9.68. The minimum Gasteiger partial charge on any atom is -0.353 e. The largest absolute Gasteiger partial charge is 0.353 e. The number of nitrogens with one attached hydrogen (secondary N) is 1. The Morgan fingerprint density at radius 1 is 1.19 bits per heavy atom. The van der Waals surface area contributed by atoms with Crippen LogP contribution in [-0.4, -0.2) is 38.2 Å². The van der Waals surface area contributed by atoms with E-state index in [2.05, 4.69) is 44.7 Å². The Hall–Kier alpha value is -2.37. The molecule has 26 heavy (non-hydrogen) atoms. The number of guanidine groups is 1. The average Bonchev–Trinajstić information content (AvgIpc) is 3.29. The Bertz CT molecular complexity index is 787. The van der Waals surface area contributed by atoms with Gasteiger partial charge in [0.1, 0.15) is 12.4 Å². The molecule has 0 bridgehead atoms. The number of aliphatic imine (C=N–C) groups is 1. The van der Waals surface area contributed by atoms with Crippen LogP contribution in [0.15, 0.2) is 29.3 Å². The van der Waals surface area contributed by atoms with Crippen molar-refractivity contribution < 1.29 is 0 Å². The lowest BCUT2D eigenvalue weighted by Crippen LogP contribution is -2.47. The molecule has 0 spiro atoms. The Kier molecular flexibility index (Phi) is 4.91. The molecule has 1 aliphatic carbocycles. The van der Waals surface area contributed by atoms with Crippen molar-refractivity contribution in [1.29, 1.82) is 0 Å². The maximum atomic E-state index is 4.94. The Morgan fingerprint density at radius 2 is 1.96 bits per heavy atom. The first-order chi connectivity index (χ1) is 12.7. The number of aryl methyl sites for hydroxylation is 1. The van der Waals surface area contributed by atoms with Crippen LogP contribution >= 0.6 is 0 Å².